The van der Waals surface area contributed by atoms with Gasteiger partial charge in [-0.15, -0.1) is 5.10 Å². The molecule has 1 atom stereocenters. The van der Waals surface area contributed by atoms with Crippen LogP contribution in [0, 0.1) is 6.92 Å². The second-order valence-corrected chi connectivity index (χ2v) is 7.93. The summed E-state index contributed by atoms with van der Waals surface area (Å²) in [5.74, 6) is 1.60. The standard InChI is InChI=1S/C19H25N5O3S/c1-13-20-19-24(21-13)18(26)17(28-19)16(14-3-5-15(27-2)6-4-14)23-9-7-22(8-10-23)11-12-25/h3-6,16,25-26H,7-12H2,1-2H3. The van der Waals surface area contributed by atoms with Gasteiger partial charge >= 0.3 is 0 Å². The van der Waals surface area contributed by atoms with E-state index in [2.05, 4.69) is 19.9 Å². The van der Waals surface area contributed by atoms with Crippen molar-refractivity contribution in [2.75, 3.05) is 46.4 Å². The first-order valence-electron chi connectivity index (χ1n) is 9.37. The summed E-state index contributed by atoms with van der Waals surface area (Å²) in [5.41, 5.74) is 1.09. The third-order valence-corrected chi connectivity index (χ3v) is 6.25. The highest BCUT2D eigenvalue weighted by Crippen LogP contribution is 2.40. The predicted molar refractivity (Wildman–Crippen MR) is 107 cm³/mol. The minimum absolute atomic E-state index is 0.0870. The third-order valence-electron chi connectivity index (χ3n) is 5.17. The molecule has 0 radical (unpaired) electrons. The van der Waals surface area contributed by atoms with E-state index in [0.717, 1.165) is 42.4 Å². The third kappa shape index (κ3) is 3.58. The van der Waals surface area contributed by atoms with Crippen LogP contribution in [-0.2, 0) is 0 Å². The van der Waals surface area contributed by atoms with E-state index >= 15 is 0 Å². The van der Waals surface area contributed by atoms with Crippen LogP contribution in [0.25, 0.3) is 4.96 Å². The van der Waals surface area contributed by atoms with Crippen molar-refractivity contribution in [2.24, 2.45) is 0 Å². The summed E-state index contributed by atoms with van der Waals surface area (Å²) in [5, 5.41) is 24.4. The molecule has 1 aliphatic heterocycles. The highest BCUT2D eigenvalue weighted by atomic mass is 32.1. The van der Waals surface area contributed by atoms with Gasteiger partial charge in [0.25, 0.3) is 0 Å². The number of thiazole rings is 1. The summed E-state index contributed by atoms with van der Waals surface area (Å²) in [6.07, 6.45) is 0. The van der Waals surface area contributed by atoms with Gasteiger partial charge in [-0.25, -0.2) is 4.98 Å². The smallest absolute Gasteiger partial charge is 0.230 e. The number of β-amino-alcohol motifs (C(OH)–C–C–N with tert-alkyl or cyclic N) is 1. The summed E-state index contributed by atoms with van der Waals surface area (Å²) < 4.78 is 6.82. The Balaban J connectivity index is 1.70. The number of ether oxygens (including phenoxy) is 1. The average molecular weight is 404 g/mol. The van der Waals surface area contributed by atoms with Gasteiger partial charge in [-0.1, -0.05) is 23.5 Å². The summed E-state index contributed by atoms with van der Waals surface area (Å²) in [6, 6.07) is 7.90. The van der Waals surface area contributed by atoms with Gasteiger partial charge in [-0.05, 0) is 24.6 Å². The molecule has 9 heteroatoms. The number of hydrogen-bond donors (Lipinski definition) is 2. The van der Waals surface area contributed by atoms with Gasteiger partial charge in [-0.3, -0.25) is 9.80 Å². The minimum atomic E-state index is -0.0870. The maximum absolute atomic E-state index is 10.9. The van der Waals surface area contributed by atoms with Gasteiger partial charge in [0, 0.05) is 32.7 Å². The molecule has 1 aliphatic rings. The molecule has 28 heavy (non-hydrogen) atoms. The number of aliphatic hydroxyl groups is 1. The molecule has 2 aromatic heterocycles. The Morgan fingerprint density at radius 1 is 1.18 bits per heavy atom. The van der Waals surface area contributed by atoms with Gasteiger partial charge in [0.05, 0.1) is 24.6 Å². The van der Waals surface area contributed by atoms with E-state index in [1.807, 2.05) is 31.2 Å². The fraction of sp³-hybridized carbons (Fsp3) is 0.474. The summed E-state index contributed by atoms with van der Waals surface area (Å²) in [6.45, 7) is 6.16. The van der Waals surface area contributed by atoms with Crippen LogP contribution in [0.15, 0.2) is 24.3 Å². The number of aryl methyl sites for hydroxylation is 1. The molecule has 0 bridgehead atoms. The molecule has 150 valence electrons. The van der Waals surface area contributed by atoms with Crippen molar-refractivity contribution in [1.29, 1.82) is 0 Å². The number of hydrogen-bond acceptors (Lipinski definition) is 8. The van der Waals surface area contributed by atoms with Crippen molar-refractivity contribution < 1.29 is 14.9 Å². The van der Waals surface area contributed by atoms with Crippen molar-refractivity contribution in [3.05, 3.63) is 40.5 Å². The molecular weight excluding hydrogens is 378 g/mol. The van der Waals surface area contributed by atoms with E-state index in [1.165, 1.54) is 15.9 Å². The molecule has 2 N–H and O–H groups in total. The van der Waals surface area contributed by atoms with Crippen molar-refractivity contribution in [2.45, 2.75) is 13.0 Å². The molecule has 0 aliphatic carbocycles. The Morgan fingerprint density at radius 2 is 1.89 bits per heavy atom. The SMILES string of the molecule is COc1ccc(C(c2sc3nc(C)nn3c2O)N2CCN(CCO)CC2)cc1. The van der Waals surface area contributed by atoms with E-state index in [-0.39, 0.29) is 18.5 Å². The van der Waals surface area contributed by atoms with Gasteiger partial charge < -0.3 is 14.9 Å². The average Bonchev–Trinajstić information content (AvgIpc) is 3.22. The predicted octanol–water partition coefficient (Wildman–Crippen LogP) is 1.51. The lowest BCUT2D eigenvalue weighted by molar-refractivity contribution is 0.0945. The lowest BCUT2D eigenvalue weighted by Gasteiger charge is -2.39. The molecule has 1 aromatic carbocycles. The summed E-state index contributed by atoms with van der Waals surface area (Å²) in [7, 11) is 1.65. The second kappa shape index (κ2) is 8.04. The van der Waals surface area contributed by atoms with Crippen LogP contribution in [-0.4, -0.2) is 81.1 Å². The Hall–Kier alpha value is -2.20. The first-order chi connectivity index (χ1) is 13.6. The number of rotatable bonds is 6. The fourth-order valence-corrected chi connectivity index (χ4v) is 4.89. The topological polar surface area (TPSA) is 86.4 Å². The van der Waals surface area contributed by atoms with Crippen LogP contribution in [0.4, 0.5) is 0 Å². The zero-order valence-electron chi connectivity index (χ0n) is 16.1. The fourth-order valence-electron chi connectivity index (χ4n) is 3.73. The van der Waals surface area contributed by atoms with E-state index in [0.29, 0.717) is 17.3 Å². The molecule has 0 amide bonds. The molecule has 8 nitrogen and oxygen atoms in total. The Morgan fingerprint density at radius 3 is 2.50 bits per heavy atom. The highest BCUT2D eigenvalue weighted by Gasteiger charge is 2.31. The van der Waals surface area contributed by atoms with Crippen molar-refractivity contribution in [3.63, 3.8) is 0 Å². The first kappa shape index (κ1) is 19.1. The van der Waals surface area contributed by atoms with Gasteiger partial charge in [0.15, 0.2) is 0 Å². The Kier molecular flexibility index (Phi) is 5.49. The first-order valence-corrected chi connectivity index (χ1v) is 10.2. The lowest BCUT2D eigenvalue weighted by atomic mass is 10.0. The maximum Gasteiger partial charge on any atom is 0.230 e. The molecule has 3 heterocycles. The van der Waals surface area contributed by atoms with E-state index < -0.39 is 0 Å². The van der Waals surface area contributed by atoms with Crippen molar-refractivity contribution >= 4 is 16.3 Å². The molecule has 0 spiro atoms. The number of aromatic hydroxyl groups is 1. The zero-order valence-corrected chi connectivity index (χ0v) is 16.9. The lowest BCUT2D eigenvalue weighted by Crippen LogP contribution is -2.48. The van der Waals surface area contributed by atoms with Crippen LogP contribution in [0.2, 0.25) is 0 Å². The monoisotopic (exact) mass is 403 g/mol. The Bertz CT molecular complexity index is 931. The van der Waals surface area contributed by atoms with Crippen LogP contribution in [0.3, 0.4) is 0 Å². The van der Waals surface area contributed by atoms with Crippen LogP contribution in [0.5, 0.6) is 11.6 Å². The number of nitrogens with zero attached hydrogens (tertiary/aromatic N) is 5. The number of piperazine rings is 1. The second-order valence-electron chi connectivity index (χ2n) is 6.92. The minimum Gasteiger partial charge on any atom is -0.497 e. The molecule has 1 fully saturated rings. The quantitative estimate of drug-likeness (QED) is 0.645. The molecular formula is C19H25N5O3S. The number of aromatic nitrogens is 3. The molecule has 1 saturated heterocycles. The molecule has 3 aromatic rings. The largest absolute Gasteiger partial charge is 0.497 e. The van der Waals surface area contributed by atoms with Crippen molar-refractivity contribution in [3.8, 4) is 11.6 Å². The Labute approximate surface area is 167 Å². The molecule has 0 saturated carbocycles. The summed E-state index contributed by atoms with van der Waals surface area (Å²) in [4.78, 5) is 10.6. The number of methoxy groups -OCH3 is 1. The van der Waals surface area contributed by atoms with Gasteiger partial charge in [0.2, 0.25) is 10.8 Å². The summed E-state index contributed by atoms with van der Waals surface area (Å²) >= 11 is 1.48. The highest BCUT2D eigenvalue weighted by molar-refractivity contribution is 7.17. The van der Waals surface area contributed by atoms with Gasteiger partial charge in [0.1, 0.15) is 11.6 Å². The number of aliphatic hydroxyl groups excluding tert-OH is 1. The normalized spacial score (nSPS) is 17.2. The molecule has 1 unspecified atom stereocenters. The van der Waals surface area contributed by atoms with E-state index in [1.54, 1.807) is 7.11 Å². The van der Waals surface area contributed by atoms with E-state index in [4.69, 9.17) is 4.74 Å². The van der Waals surface area contributed by atoms with Crippen LogP contribution >= 0.6 is 11.3 Å². The van der Waals surface area contributed by atoms with Crippen LogP contribution in [0.1, 0.15) is 22.3 Å². The van der Waals surface area contributed by atoms with Crippen LogP contribution < -0.4 is 4.74 Å². The van der Waals surface area contributed by atoms with Crippen molar-refractivity contribution in [1.82, 2.24) is 24.4 Å². The number of benzene rings is 1. The number of fused-ring (bicyclic) bond motifs is 1. The zero-order chi connectivity index (χ0) is 19.7. The van der Waals surface area contributed by atoms with Gasteiger partial charge in [-0.2, -0.15) is 4.52 Å². The molecule has 4 rings (SSSR count). The van der Waals surface area contributed by atoms with E-state index in [9.17, 15) is 10.2 Å². The maximum atomic E-state index is 10.9.